The zero-order valence-electron chi connectivity index (χ0n) is 14.4. The van der Waals surface area contributed by atoms with Crippen molar-refractivity contribution in [3.63, 3.8) is 0 Å². The standard InChI is InChI=1S/C19H22ClN3O2/c1-14(19(25)21-11-4-12-24)22-18-6-3-5-16(13-23(18)2)15-7-9-17(20)10-8-15/h3,6-10,12-14H,4-5,11H2,1-2H3,(H,21,25). The molecule has 2 rings (SSSR count). The van der Waals surface area contributed by atoms with Gasteiger partial charge in [0.05, 0.1) is 0 Å². The average Bonchev–Trinajstić information content (AvgIpc) is 2.77. The summed E-state index contributed by atoms with van der Waals surface area (Å²) < 4.78 is 0. The molecule has 0 fully saturated rings. The summed E-state index contributed by atoms with van der Waals surface area (Å²) in [5, 5.41) is 3.40. The van der Waals surface area contributed by atoms with Crippen molar-refractivity contribution in [1.82, 2.24) is 10.2 Å². The zero-order valence-corrected chi connectivity index (χ0v) is 15.2. The molecule has 1 heterocycles. The summed E-state index contributed by atoms with van der Waals surface area (Å²) in [6, 6.07) is 7.18. The van der Waals surface area contributed by atoms with Gasteiger partial charge in [-0.05, 0) is 42.7 Å². The largest absolute Gasteiger partial charge is 0.354 e. The molecule has 132 valence electrons. The SMILES string of the molecule is CC(N=C1C=CCC(c2ccc(Cl)cc2)=CN1C)C(=O)NCCC=O. The first-order chi connectivity index (χ1) is 12.0. The van der Waals surface area contributed by atoms with Crippen molar-refractivity contribution in [3.05, 3.63) is 53.2 Å². The lowest BCUT2D eigenvalue weighted by atomic mass is 10.0. The van der Waals surface area contributed by atoms with Crippen LogP contribution in [0.15, 0.2) is 47.6 Å². The number of amidine groups is 1. The van der Waals surface area contributed by atoms with Crippen molar-refractivity contribution < 1.29 is 9.59 Å². The van der Waals surface area contributed by atoms with Gasteiger partial charge in [-0.2, -0.15) is 0 Å². The summed E-state index contributed by atoms with van der Waals surface area (Å²) >= 11 is 5.95. The number of aldehydes is 1. The molecule has 0 saturated heterocycles. The van der Waals surface area contributed by atoms with Gasteiger partial charge in [-0.1, -0.05) is 29.8 Å². The Hall–Kier alpha value is -2.40. The van der Waals surface area contributed by atoms with Crippen LogP contribution in [0.1, 0.15) is 25.3 Å². The number of carbonyl (C=O) groups is 2. The van der Waals surface area contributed by atoms with Crippen LogP contribution in [0.4, 0.5) is 0 Å². The van der Waals surface area contributed by atoms with Gasteiger partial charge in [0.2, 0.25) is 5.91 Å². The molecule has 1 aliphatic rings. The van der Waals surface area contributed by atoms with Gasteiger partial charge in [0.15, 0.2) is 0 Å². The molecule has 0 aliphatic carbocycles. The Balaban J connectivity index is 2.11. The van der Waals surface area contributed by atoms with Crippen LogP contribution >= 0.6 is 11.6 Å². The Morgan fingerprint density at radius 3 is 2.80 bits per heavy atom. The van der Waals surface area contributed by atoms with Crippen LogP contribution in [-0.2, 0) is 9.59 Å². The summed E-state index contributed by atoms with van der Waals surface area (Å²) in [6.45, 7) is 2.07. The van der Waals surface area contributed by atoms with Crippen LogP contribution in [0.2, 0.25) is 5.02 Å². The minimum Gasteiger partial charge on any atom is -0.354 e. The number of allylic oxidation sites excluding steroid dienone is 2. The predicted octanol–water partition coefficient (Wildman–Crippen LogP) is 3.06. The maximum Gasteiger partial charge on any atom is 0.244 e. The number of aliphatic imine (C=N–C) groups is 1. The lowest BCUT2D eigenvalue weighted by Gasteiger charge is -2.17. The van der Waals surface area contributed by atoms with E-state index < -0.39 is 6.04 Å². The molecule has 1 aromatic carbocycles. The molecule has 25 heavy (non-hydrogen) atoms. The number of nitrogens with one attached hydrogen (secondary N) is 1. The van der Waals surface area contributed by atoms with Crippen LogP contribution < -0.4 is 5.32 Å². The van der Waals surface area contributed by atoms with Crippen molar-refractivity contribution in [1.29, 1.82) is 0 Å². The fraction of sp³-hybridized carbons (Fsp3) is 0.316. The van der Waals surface area contributed by atoms with E-state index >= 15 is 0 Å². The summed E-state index contributed by atoms with van der Waals surface area (Å²) in [5.74, 6) is 0.518. The van der Waals surface area contributed by atoms with Crippen LogP contribution in [0.25, 0.3) is 5.57 Å². The van der Waals surface area contributed by atoms with Gasteiger partial charge >= 0.3 is 0 Å². The maximum absolute atomic E-state index is 12.0. The second kappa shape index (κ2) is 9.18. The van der Waals surface area contributed by atoms with Crippen LogP contribution in [0.3, 0.4) is 0 Å². The number of likely N-dealkylation sites (N-methyl/N-ethyl adjacent to an activating group) is 1. The molecule has 6 heteroatoms. The third kappa shape index (κ3) is 5.57. The number of benzene rings is 1. The molecule has 0 saturated carbocycles. The van der Waals surface area contributed by atoms with E-state index in [4.69, 9.17) is 11.6 Å². The molecule has 1 aliphatic heterocycles. The molecule has 0 spiro atoms. The number of hydrogen-bond donors (Lipinski definition) is 1. The third-order valence-electron chi connectivity index (χ3n) is 3.80. The van der Waals surface area contributed by atoms with E-state index in [1.54, 1.807) is 6.92 Å². The normalized spacial score (nSPS) is 17.0. The van der Waals surface area contributed by atoms with E-state index in [0.29, 0.717) is 23.8 Å². The Morgan fingerprint density at radius 1 is 1.40 bits per heavy atom. The molecule has 1 atom stereocenters. The Morgan fingerprint density at radius 2 is 2.12 bits per heavy atom. The molecule has 1 aromatic rings. The fourth-order valence-corrected chi connectivity index (χ4v) is 2.54. The molecule has 0 radical (unpaired) electrons. The first-order valence-corrected chi connectivity index (χ1v) is 8.54. The van der Waals surface area contributed by atoms with E-state index in [1.165, 1.54) is 0 Å². The molecule has 0 aromatic heterocycles. The van der Waals surface area contributed by atoms with E-state index in [2.05, 4.69) is 10.3 Å². The number of carbonyl (C=O) groups excluding carboxylic acids is 2. The quantitative estimate of drug-likeness (QED) is 0.627. The van der Waals surface area contributed by atoms with Gasteiger partial charge < -0.3 is 15.0 Å². The molecule has 1 unspecified atom stereocenters. The molecular weight excluding hydrogens is 338 g/mol. The van der Waals surface area contributed by atoms with Gasteiger partial charge in [0.25, 0.3) is 0 Å². The second-order valence-corrected chi connectivity index (χ2v) is 6.22. The summed E-state index contributed by atoms with van der Waals surface area (Å²) in [5.41, 5.74) is 2.24. The van der Waals surface area contributed by atoms with Gasteiger partial charge in [0.1, 0.15) is 18.2 Å². The van der Waals surface area contributed by atoms with Crippen LogP contribution in [-0.4, -0.2) is 42.6 Å². The number of amides is 1. The van der Waals surface area contributed by atoms with E-state index in [0.717, 1.165) is 23.8 Å². The summed E-state index contributed by atoms with van der Waals surface area (Å²) in [4.78, 5) is 28.7. The molecular formula is C19H22ClN3O2. The topological polar surface area (TPSA) is 61.8 Å². The Bertz CT molecular complexity index is 708. The monoisotopic (exact) mass is 359 g/mol. The van der Waals surface area contributed by atoms with Crippen molar-refractivity contribution in [2.75, 3.05) is 13.6 Å². The highest BCUT2D eigenvalue weighted by molar-refractivity contribution is 6.30. The summed E-state index contributed by atoms with van der Waals surface area (Å²) in [6.07, 6.45) is 7.81. The average molecular weight is 360 g/mol. The minimum atomic E-state index is -0.528. The van der Waals surface area contributed by atoms with Crippen LogP contribution in [0.5, 0.6) is 0 Å². The third-order valence-corrected chi connectivity index (χ3v) is 4.05. The van der Waals surface area contributed by atoms with Crippen LogP contribution in [0, 0.1) is 0 Å². The molecule has 0 bridgehead atoms. The van der Waals surface area contributed by atoms with E-state index in [9.17, 15) is 9.59 Å². The molecule has 5 nitrogen and oxygen atoms in total. The highest BCUT2D eigenvalue weighted by Gasteiger charge is 2.14. The van der Waals surface area contributed by atoms with Gasteiger partial charge in [0, 0.05) is 31.2 Å². The lowest BCUT2D eigenvalue weighted by molar-refractivity contribution is -0.121. The lowest BCUT2D eigenvalue weighted by Crippen LogP contribution is -2.34. The maximum atomic E-state index is 12.0. The van der Waals surface area contributed by atoms with Gasteiger partial charge in [-0.15, -0.1) is 0 Å². The highest BCUT2D eigenvalue weighted by atomic mass is 35.5. The minimum absolute atomic E-state index is 0.192. The summed E-state index contributed by atoms with van der Waals surface area (Å²) in [7, 11) is 1.90. The van der Waals surface area contributed by atoms with Crippen molar-refractivity contribution in [2.45, 2.75) is 25.8 Å². The van der Waals surface area contributed by atoms with Crippen molar-refractivity contribution >= 4 is 35.2 Å². The van der Waals surface area contributed by atoms with Crippen molar-refractivity contribution in [3.8, 4) is 0 Å². The number of hydrogen-bond acceptors (Lipinski definition) is 3. The molecule has 1 amide bonds. The van der Waals surface area contributed by atoms with E-state index in [1.807, 2.05) is 54.6 Å². The molecule has 1 N–H and O–H groups in total. The van der Waals surface area contributed by atoms with Crippen molar-refractivity contribution in [2.24, 2.45) is 4.99 Å². The smallest absolute Gasteiger partial charge is 0.244 e. The number of halogens is 1. The Labute approximate surface area is 153 Å². The second-order valence-electron chi connectivity index (χ2n) is 5.79. The highest BCUT2D eigenvalue weighted by Crippen LogP contribution is 2.23. The zero-order chi connectivity index (χ0) is 18.2. The predicted molar refractivity (Wildman–Crippen MR) is 102 cm³/mol. The fourth-order valence-electron chi connectivity index (χ4n) is 2.41. The number of rotatable bonds is 6. The Kier molecular flexibility index (Phi) is 6.95. The van der Waals surface area contributed by atoms with E-state index in [-0.39, 0.29) is 5.91 Å². The number of nitrogens with zero attached hydrogens (tertiary/aromatic N) is 2. The van der Waals surface area contributed by atoms with Gasteiger partial charge in [-0.3, -0.25) is 9.79 Å². The first kappa shape index (κ1) is 18.9. The first-order valence-electron chi connectivity index (χ1n) is 8.16. The van der Waals surface area contributed by atoms with Gasteiger partial charge in [-0.25, -0.2) is 0 Å².